The summed E-state index contributed by atoms with van der Waals surface area (Å²) in [5.74, 6) is 0.218. The monoisotopic (exact) mass is 231 g/mol. The quantitative estimate of drug-likeness (QED) is 0.411. The van der Waals surface area contributed by atoms with Crippen LogP contribution in [0.25, 0.3) is 20.2 Å². The van der Waals surface area contributed by atoms with E-state index >= 15 is 0 Å². The summed E-state index contributed by atoms with van der Waals surface area (Å²) >= 11 is 1.52. The molecule has 3 aromatic rings. The fourth-order valence-corrected chi connectivity index (χ4v) is 3.02. The van der Waals surface area contributed by atoms with Gasteiger partial charge in [0.05, 0.1) is 5.69 Å². The molecular weight excluding hydrogens is 222 g/mol. The molecule has 3 nitrogen and oxygen atoms in total. The zero-order valence-corrected chi connectivity index (χ0v) is 9.08. The highest BCUT2D eigenvalue weighted by atomic mass is 32.1. The fraction of sp³-hybridized carbons (Fsp3) is 0. The first-order chi connectivity index (χ1) is 7.68. The molecule has 0 bridgehead atoms. The second kappa shape index (κ2) is 3.02. The van der Waals surface area contributed by atoms with Gasteiger partial charge in [0, 0.05) is 20.2 Å². The Morgan fingerprint density at radius 1 is 0.938 bits per heavy atom. The normalized spacial score (nSPS) is 11.2. The largest absolute Gasteiger partial charge is 0.507 e. The van der Waals surface area contributed by atoms with Crippen LogP contribution in [0, 0.1) is 0 Å². The molecule has 4 N–H and O–H groups in total. The van der Waals surface area contributed by atoms with Crippen LogP contribution in [0.2, 0.25) is 0 Å². The van der Waals surface area contributed by atoms with Gasteiger partial charge in [0.1, 0.15) is 11.5 Å². The van der Waals surface area contributed by atoms with Crippen LogP contribution in [0.15, 0.2) is 30.3 Å². The van der Waals surface area contributed by atoms with E-state index < -0.39 is 0 Å². The number of hydrogen-bond acceptors (Lipinski definition) is 4. The van der Waals surface area contributed by atoms with Gasteiger partial charge in [-0.05, 0) is 24.3 Å². The number of phenolic OH excluding ortho intramolecular Hbond substituents is 2. The summed E-state index contributed by atoms with van der Waals surface area (Å²) in [5, 5.41) is 21.1. The Balaban J connectivity index is 2.66. The first-order valence-electron chi connectivity index (χ1n) is 4.80. The second-order valence-corrected chi connectivity index (χ2v) is 4.71. The third-order valence-electron chi connectivity index (χ3n) is 2.65. The number of rotatable bonds is 0. The van der Waals surface area contributed by atoms with E-state index in [4.69, 9.17) is 5.73 Å². The summed E-state index contributed by atoms with van der Waals surface area (Å²) in [6.07, 6.45) is 0. The van der Waals surface area contributed by atoms with Gasteiger partial charge in [-0.3, -0.25) is 0 Å². The number of nitrogens with two attached hydrogens (primary N) is 1. The summed E-state index contributed by atoms with van der Waals surface area (Å²) in [7, 11) is 0. The van der Waals surface area contributed by atoms with Crippen molar-refractivity contribution in [3.63, 3.8) is 0 Å². The molecule has 0 radical (unpaired) electrons. The average Bonchev–Trinajstić information content (AvgIpc) is 2.64. The number of nitrogen functional groups attached to an aromatic ring is 1. The van der Waals surface area contributed by atoms with Gasteiger partial charge in [-0.1, -0.05) is 6.07 Å². The molecule has 1 heterocycles. The standard InChI is InChI=1S/C12H9NO2S/c13-6-4-5-9-11(12(6)15)10-7(14)2-1-3-8(10)16-9/h1-5,14-15H,13H2. The predicted molar refractivity (Wildman–Crippen MR) is 67.1 cm³/mol. The number of aromatic hydroxyl groups is 2. The first kappa shape index (κ1) is 9.30. The first-order valence-corrected chi connectivity index (χ1v) is 5.62. The lowest BCUT2D eigenvalue weighted by Crippen LogP contribution is -1.84. The molecule has 0 saturated carbocycles. The third-order valence-corrected chi connectivity index (χ3v) is 3.77. The highest BCUT2D eigenvalue weighted by molar-refractivity contribution is 7.26. The molecule has 3 rings (SSSR count). The average molecular weight is 231 g/mol. The van der Waals surface area contributed by atoms with Crippen LogP contribution >= 0.6 is 11.3 Å². The van der Waals surface area contributed by atoms with E-state index in [2.05, 4.69) is 0 Å². The van der Waals surface area contributed by atoms with E-state index in [-0.39, 0.29) is 11.5 Å². The summed E-state index contributed by atoms with van der Waals surface area (Å²) < 4.78 is 1.86. The van der Waals surface area contributed by atoms with Crippen LogP contribution in [0.1, 0.15) is 0 Å². The molecule has 0 atom stereocenters. The van der Waals surface area contributed by atoms with E-state index in [1.807, 2.05) is 12.1 Å². The van der Waals surface area contributed by atoms with Crippen molar-refractivity contribution in [1.82, 2.24) is 0 Å². The van der Waals surface area contributed by atoms with Gasteiger partial charge >= 0.3 is 0 Å². The van der Waals surface area contributed by atoms with E-state index in [0.717, 1.165) is 9.40 Å². The maximum Gasteiger partial charge on any atom is 0.147 e. The Bertz CT molecular complexity index is 703. The minimum absolute atomic E-state index is 0.0465. The third kappa shape index (κ3) is 1.07. The summed E-state index contributed by atoms with van der Waals surface area (Å²) in [6, 6.07) is 8.83. The molecule has 0 aliphatic rings. The molecule has 0 aliphatic heterocycles. The summed E-state index contributed by atoms with van der Waals surface area (Å²) in [5.41, 5.74) is 5.99. The van der Waals surface area contributed by atoms with E-state index in [0.29, 0.717) is 16.5 Å². The van der Waals surface area contributed by atoms with Crippen LogP contribution in [-0.2, 0) is 0 Å². The number of phenols is 2. The lowest BCUT2D eigenvalue weighted by atomic mass is 10.1. The van der Waals surface area contributed by atoms with Crippen molar-refractivity contribution in [1.29, 1.82) is 0 Å². The van der Waals surface area contributed by atoms with Crippen molar-refractivity contribution in [3.05, 3.63) is 30.3 Å². The Morgan fingerprint density at radius 2 is 1.69 bits per heavy atom. The Labute approximate surface area is 95.4 Å². The minimum atomic E-state index is 0.0465. The number of fused-ring (bicyclic) bond motifs is 3. The van der Waals surface area contributed by atoms with Crippen LogP contribution in [0.3, 0.4) is 0 Å². The van der Waals surface area contributed by atoms with Crippen LogP contribution in [0.5, 0.6) is 11.5 Å². The minimum Gasteiger partial charge on any atom is -0.507 e. The van der Waals surface area contributed by atoms with Crippen molar-refractivity contribution in [2.24, 2.45) is 0 Å². The van der Waals surface area contributed by atoms with Crippen LogP contribution < -0.4 is 5.73 Å². The Morgan fingerprint density at radius 3 is 2.50 bits per heavy atom. The van der Waals surface area contributed by atoms with Crippen molar-refractivity contribution < 1.29 is 10.2 Å². The van der Waals surface area contributed by atoms with Crippen LogP contribution in [0.4, 0.5) is 5.69 Å². The van der Waals surface area contributed by atoms with E-state index in [1.165, 1.54) is 11.3 Å². The molecule has 16 heavy (non-hydrogen) atoms. The SMILES string of the molecule is Nc1ccc2sc3cccc(O)c3c2c1O. The zero-order valence-electron chi connectivity index (χ0n) is 8.27. The fourth-order valence-electron chi connectivity index (χ4n) is 1.89. The van der Waals surface area contributed by atoms with Gasteiger partial charge in [-0.15, -0.1) is 11.3 Å². The summed E-state index contributed by atoms with van der Waals surface area (Å²) in [6.45, 7) is 0. The number of benzene rings is 2. The molecule has 0 saturated heterocycles. The van der Waals surface area contributed by atoms with E-state index in [1.54, 1.807) is 18.2 Å². The maximum atomic E-state index is 9.94. The molecule has 80 valence electrons. The molecule has 0 unspecified atom stereocenters. The summed E-state index contributed by atoms with van der Waals surface area (Å²) in [4.78, 5) is 0. The van der Waals surface area contributed by atoms with Crippen molar-refractivity contribution >= 4 is 37.2 Å². The predicted octanol–water partition coefficient (Wildman–Crippen LogP) is 3.05. The lowest BCUT2D eigenvalue weighted by Gasteiger charge is -2.01. The Kier molecular flexibility index (Phi) is 1.76. The molecular formula is C12H9NO2S. The molecule has 4 heteroatoms. The van der Waals surface area contributed by atoms with Gasteiger partial charge in [0.25, 0.3) is 0 Å². The van der Waals surface area contributed by atoms with Crippen molar-refractivity contribution in [3.8, 4) is 11.5 Å². The maximum absolute atomic E-state index is 9.94. The molecule has 0 aliphatic carbocycles. The highest BCUT2D eigenvalue weighted by Gasteiger charge is 2.13. The zero-order chi connectivity index (χ0) is 11.3. The highest BCUT2D eigenvalue weighted by Crippen LogP contribution is 2.44. The number of anilines is 1. The van der Waals surface area contributed by atoms with Gasteiger partial charge < -0.3 is 15.9 Å². The van der Waals surface area contributed by atoms with Gasteiger partial charge in [-0.25, -0.2) is 0 Å². The molecule has 0 spiro atoms. The van der Waals surface area contributed by atoms with Gasteiger partial charge in [-0.2, -0.15) is 0 Å². The molecule has 0 fully saturated rings. The van der Waals surface area contributed by atoms with Crippen molar-refractivity contribution in [2.45, 2.75) is 0 Å². The number of hydrogen-bond donors (Lipinski definition) is 3. The van der Waals surface area contributed by atoms with E-state index in [9.17, 15) is 10.2 Å². The smallest absolute Gasteiger partial charge is 0.147 e. The lowest BCUT2D eigenvalue weighted by molar-refractivity contribution is 0.478. The molecule has 0 amide bonds. The second-order valence-electron chi connectivity index (χ2n) is 3.63. The molecule has 1 aromatic heterocycles. The Hall–Kier alpha value is -1.94. The van der Waals surface area contributed by atoms with Crippen LogP contribution in [-0.4, -0.2) is 10.2 Å². The van der Waals surface area contributed by atoms with Gasteiger partial charge in [0.15, 0.2) is 0 Å². The van der Waals surface area contributed by atoms with Crippen molar-refractivity contribution in [2.75, 3.05) is 5.73 Å². The number of thiophene rings is 1. The molecule has 2 aromatic carbocycles. The topological polar surface area (TPSA) is 66.5 Å². The van der Waals surface area contributed by atoms with Gasteiger partial charge in [0.2, 0.25) is 0 Å².